The Morgan fingerprint density at radius 3 is 2.16 bits per heavy atom. The minimum atomic E-state index is -4.84. The van der Waals surface area contributed by atoms with Gasteiger partial charge < -0.3 is 24.3 Å². The van der Waals surface area contributed by atoms with E-state index in [0.29, 0.717) is 22.8 Å². The molecule has 3 rings (SSSR count). The number of alkyl halides is 3. The van der Waals surface area contributed by atoms with Crippen LogP contribution in [0.2, 0.25) is 0 Å². The summed E-state index contributed by atoms with van der Waals surface area (Å²) < 4.78 is 62.6. The smallest absolute Gasteiger partial charge is 0.435 e. The van der Waals surface area contributed by atoms with Gasteiger partial charge in [0.2, 0.25) is 5.75 Å². The fraction of sp³-hybridized carbons (Fsp3) is 0.300. The third-order valence-electron chi connectivity index (χ3n) is 4.50. The predicted octanol–water partition coefficient (Wildman–Crippen LogP) is 3.32. The molecule has 0 aliphatic rings. The van der Waals surface area contributed by atoms with Crippen molar-refractivity contribution in [3.63, 3.8) is 0 Å². The second kappa shape index (κ2) is 8.62. The van der Waals surface area contributed by atoms with Crippen LogP contribution >= 0.6 is 0 Å². The van der Waals surface area contributed by atoms with Gasteiger partial charge in [-0.1, -0.05) is 0 Å². The van der Waals surface area contributed by atoms with Crippen LogP contribution in [0.15, 0.2) is 30.5 Å². The van der Waals surface area contributed by atoms with Crippen molar-refractivity contribution < 1.29 is 36.9 Å². The van der Waals surface area contributed by atoms with Gasteiger partial charge in [-0.2, -0.15) is 13.2 Å². The molecule has 8 nitrogen and oxygen atoms in total. The van der Waals surface area contributed by atoms with E-state index in [1.54, 1.807) is 12.1 Å². The number of halogens is 3. The molecule has 2 aromatic heterocycles. The van der Waals surface area contributed by atoms with Gasteiger partial charge in [0.1, 0.15) is 5.69 Å². The van der Waals surface area contributed by atoms with E-state index in [0.717, 1.165) is 4.40 Å². The molecule has 0 fully saturated rings. The maximum atomic E-state index is 13.6. The van der Waals surface area contributed by atoms with Crippen LogP contribution in [0, 0.1) is 0 Å². The van der Waals surface area contributed by atoms with Crippen LogP contribution < -0.4 is 24.3 Å². The molecule has 0 radical (unpaired) electrons. The number of carbonyl (C=O) groups is 1. The fourth-order valence-electron chi connectivity index (χ4n) is 3.12. The molecule has 0 bridgehead atoms. The zero-order valence-corrected chi connectivity index (χ0v) is 17.2. The van der Waals surface area contributed by atoms with Crippen LogP contribution in [-0.2, 0) is 12.7 Å². The summed E-state index contributed by atoms with van der Waals surface area (Å²) in [5, 5.41) is 2.49. The van der Waals surface area contributed by atoms with Gasteiger partial charge >= 0.3 is 6.18 Å². The summed E-state index contributed by atoms with van der Waals surface area (Å²) in [6.07, 6.45) is -3.52. The number of nitrogens with one attached hydrogen (secondary N) is 1. The molecular formula is C20H20F3N3O5. The highest BCUT2D eigenvalue weighted by Gasteiger charge is 2.40. The lowest BCUT2D eigenvalue weighted by atomic mass is 10.1. The van der Waals surface area contributed by atoms with Crippen molar-refractivity contribution in [1.82, 2.24) is 14.7 Å². The van der Waals surface area contributed by atoms with E-state index in [2.05, 4.69) is 10.3 Å². The molecule has 1 amide bonds. The van der Waals surface area contributed by atoms with Crippen molar-refractivity contribution in [2.45, 2.75) is 12.7 Å². The molecule has 0 atom stereocenters. The number of carbonyl (C=O) groups excluding carboxylic acids is 1. The van der Waals surface area contributed by atoms with E-state index in [4.69, 9.17) is 18.9 Å². The quantitative estimate of drug-likeness (QED) is 0.608. The molecule has 3 aromatic rings. The van der Waals surface area contributed by atoms with Gasteiger partial charge in [0.25, 0.3) is 5.91 Å². The average molecular weight is 439 g/mol. The molecule has 1 N–H and O–H groups in total. The highest BCUT2D eigenvalue weighted by atomic mass is 19.4. The van der Waals surface area contributed by atoms with Crippen molar-refractivity contribution in [1.29, 1.82) is 0 Å². The standard InChI is InChI=1S/C20H20F3N3O5/c1-28-12-6-5-7-26-15(17(20(21,22)23)25-18(12)26)19(27)24-10-11-8-13(29-2)16(31-4)14(9-11)30-3/h5-9H,10H2,1-4H3,(H,24,27). The highest BCUT2D eigenvalue weighted by Crippen LogP contribution is 2.38. The summed E-state index contributed by atoms with van der Waals surface area (Å²) in [6.45, 7) is -0.0932. The Morgan fingerprint density at radius 1 is 1.03 bits per heavy atom. The summed E-state index contributed by atoms with van der Waals surface area (Å²) in [5.74, 6) is 0.204. The zero-order valence-electron chi connectivity index (χ0n) is 17.2. The second-order valence-corrected chi connectivity index (χ2v) is 6.29. The van der Waals surface area contributed by atoms with Crippen molar-refractivity contribution >= 4 is 11.6 Å². The Bertz CT molecular complexity index is 1090. The predicted molar refractivity (Wildman–Crippen MR) is 104 cm³/mol. The molecule has 166 valence electrons. The maximum absolute atomic E-state index is 13.6. The number of fused-ring (bicyclic) bond motifs is 1. The lowest BCUT2D eigenvalue weighted by molar-refractivity contribution is -0.141. The Morgan fingerprint density at radius 2 is 1.65 bits per heavy atom. The lowest BCUT2D eigenvalue weighted by Gasteiger charge is -2.14. The molecule has 0 aliphatic heterocycles. The Kier molecular flexibility index (Phi) is 6.14. The third-order valence-corrected chi connectivity index (χ3v) is 4.50. The van der Waals surface area contributed by atoms with Crippen molar-refractivity contribution in [3.05, 3.63) is 47.4 Å². The molecule has 2 heterocycles. The summed E-state index contributed by atoms with van der Waals surface area (Å²) in [7, 11) is 5.61. The van der Waals surface area contributed by atoms with Gasteiger partial charge in [-0.3, -0.25) is 9.20 Å². The van der Waals surface area contributed by atoms with Crippen LogP contribution in [0.4, 0.5) is 13.2 Å². The van der Waals surface area contributed by atoms with E-state index in [-0.39, 0.29) is 17.9 Å². The van der Waals surface area contributed by atoms with Crippen LogP contribution in [0.25, 0.3) is 5.65 Å². The van der Waals surface area contributed by atoms with E-state index < -0.39 is 23.5 Å². The fourth-order valence-corrected chi connectivity index (χ4v) is 3.12. The van der Waals surface area contributed by atoms with Crippen LogP contribution in [0.3, 0.4) is 0 Å². The number of ether oxygens (including phenoxy) is 4. The Hall–Kier alpha value is -3.63. The molecular weight excluding hydrogens is 419 g/mol. The third kappa shape index (κ3) is 4.16. The van der Waals surface area contributed by atoms with E-state index >= 15 is 0 Å². The Labute approximate surface area is 175 Å². The normalized spacial score (nSPS) is 11.3. The number of hydrogen-bond acceptors (Lipinski definition) is 6. The average Bonchev–Trinajstić information content (AvgIpc) is 3.17. The highest BCUT2D eigenvalue weighted by molar-refractivity contribution is 5.95. The summed E-state index contributed by atoms with van der Waals surface area (Å²) in [4.78, 5) is 16.4. The number of rotatable bonds is 7. The van der Waals surface area contributed by atoms with Crippen molar-refractivity contribution in [3.8, 4) is 23.0 Å². The molecule has 31 heavy (non-hydrogen) atoms. The van der Waals surface area contributed by atoms with Crippen LogP contribution in [0.1, 0.15) is 21.7 Å². The van der Waals surface area contributed by atoms with Gasteiger partial charge in [0.15, 0.2) is 28.6 Å². The molecule has 0 saturated heterocycles. The number of methoxy groups -OCH3 is 4. The van der Waals surface area contributed by atoms with Crippen LogP contribution in [0.5, 0.6) is 23.0 Å². The Balaban J connectivity index is 1.98. The molecule has 0 spiro atoms. The first-order chi connectivity index (χ1) is 14.7. The number of amides is 1. The number of nitrogens with zero attached hydrogens (tertiary/aromatic N) is 2. The summed E-state index contributed by atoms with van der Waals surface area (Å²) in [5.41, 5.74) is -1.54. The van der Waals surface area contributed by atoms with Crippen LogP contribution in [-0.4, -0.2) is 43.7 Å². The number of pyridine rings is 1. The SMILES string of the molecule is COc1cc(CNC(=O)c2c(C(F)(F)F)nc3c(OC)cccn23)cc(OC)c1OC. The molecule has 0 aliphatic carbocycles. The molecule has 0 saturated carbocycles. The van der Waals surface area contributed by atoms with Crippen molar-refractivity contribution in [2.24, 2.45) is 0 Å². The van der Waals surface area contributed by atoms with Gasteiger partial charge in [-0.15, -0.1) is 0 Å². The largest absolute Gasteiger partial charge is 0.493 e. The number of aromatic nitrogens is 2. The van der Waals surface area contributed by atoms with Gasteiger partial charge in [0, 0.05) is 12.7 Å². The minimum Gasteiger partial charge on any atom is -0.493 e. The zero-order chi connectivity index (χ0) is 22.8. The van der Waals surface area contributed by atoms with Gasteiger partial charge in [0.05, 0.1) is 28.4 Å². The monoisotopic (exact) mass is 439 g/mol. The van der Waals surface area contributed by atoms with Gasteiger partial charge in [-0.05, 0) is 29.8 Å². The van der Waals surface area contributed by atoms with E-state index in [9.17, 15) is 18.0 Å². The first-order valence-corrected chi connectivity index (χ1v) is 8.94. The first kappa shape index (κ1) is 22.1. The van der Waals surface area contributed by atoms with Gasteiger partial charge in [-0.25, -0.2) is 4.98 Å². The second-order valence-electron chi connectivity index (χ2n) is 6.29. The number of imidazole rings is 1. The maximum Gasteiger partial charge on any atom is 0.435 e. The number of hydrogen-bond donors (Lipinski definition) is 1. The summed E-state index contributed by atoms with van der Waals surface area (Å²) in [6, 6.07) is 6.09. The van der Waals surface area contributed by atoms with Crippen molar-refractivity contribution in [2.75, 3.05) is 28.4 Å². The minimum absolute atomic E-state index is 0.0932. The molecule has 11 heteroatoms. The molecule has 1 aromatic carbocycles. The number of benzene rings is 1. The lowest BCUT2D eigenvalue weighted by Crippen LogP contribution is -2.27. The van der Waals surface area contributed by atoms with E-state index in [1.807, 2.05) is 0 Å². The summed E-state index contributed by atoms with van der Waals surface area (Å²) >= 11 is 0. The first-order valence-electron chi connectivity index (χ1n) is 8.94. The molecule has 0 unspecified atom stereocenters. The van der Waals surface area contributed by atoms with E-state index in [1.165, 1.54) is 46.8 Å². The topological polar surface area (TPSA) is 83.3 Å².